The van der Waals surface area contributed by atoms with Crippen LogP contribution in [0, 0.1) is 0 Å². The largest absolute Gasteiger partial charge is 0.300 e. The van der Waals surface area contributed by atoms with Crippen molar-refractivity contribution in [2.24, 2.45) is 0 Å². The van der Waals surface area contributed by atoms with Gasteiger partial charge in [0.15, 0.2) is 0 Å². The van der Waals surface area contributed by atoms with Gasteiger partial charge in [0.2, 0.25) is 0 Å². The summed E-state index contributed by atoms with van der Waals surface area (Å²) in [4.78, 5) is 10.8. The van der Waals surface area contributed by atoms with Gasteiger partial charge in [-0.05, 0) is 5.82 Å². The minimum atomic E-state index is -0.208. The van der Waals surface area contributed by atoms with E-state index in [9.17, 15) is 4.79 Å². The summed E-state index contributed by atoms with van der Waals surface area (Å²) in [5, 5.41) is 0. The summed E-state index contributed by atoms with van der Waals surface area (Å²) in [6.07, 6.45) is 2.39. The van der Waals surface area contributed by atoms with E-state index in [-0.39, 0.29) is 11.6 Å². The van der Waals surface area contributed by atoms with E-state index in [4.69, 9.17) is 7.85 Å². The molecular weight excluding hydrogens is 111 g/mol. The first-order chi connectivity index (χ1) is 4.22. The molecule has 0 aliphatic heterocycles. The first kappa shape index (κ1) is 8.73. The molecule has 0 spiro atoms. The second kappa shape index (κ2) is 4.60. The predicted octanol–water partition coefficient (Wildman–Crippen LogP) is 1.72. The van der Waals surface area contributed by atoms with E-state index in [0.717, 1.165) is 12.8 Å². The first-order valence-corrected chi connectivity index (χ1v) is 3.50. The highest BCUT2D eigenvalue weighted by Gasteiger charge is 2.07. The molecule has 2 heteroatoms. The first-order valence-electron chi connectivity index (χ1n) is 3.50. The zero-order chi connectivity index (χ0) is 7.28. The fourth-order valence-electron chi connectivity index (χ4n) is 0.734. The molecule has 0 fully saturated rings. The molecule has 0 rings (SSSR count). The number of hydrogen-bond acceptors (Lipinski definition) is 1. The van der Waals surface area contributed by atoms with Crippen molar-refractivity contribution in [3.05, 3.63) is 0 Å². The van der Waals surface area contributed by atoms with Crippen LogP contribution in [0.2, 0.25) is 5.82 Å². The maximum atomic E-state index is 10.8. The van der Waals surface area contributed by atoms with Crippen molar-refractivity contribution >= 4 is 13.6 Å². The number of hydrogen-bond donors (Lipinski definition) is 0. The molecule has 1 unspecified atom stereocenters. The topological polar surface area (TPSA) is 17.1 Å². The van der Waals surface area contributed by atoms with Gasteiger partial charge in [-0.15, -0.1) is 0 Å². The average Bonchev–Trinajstić information content (AvgIpc) is 1.87. The third-order valence-electron chi connectivity index (χ3n) is 1.36. The molecule has 0 N–H and O–H groups in total. The van der Waals surface area contributed by atoms with Crippen LogP contribution in [0.1, 0.15) is 33.1 Å². The van der Waals surface area contributed by atoms with Crippen LogP contribution in [-0.4, -0.2) is 13.6 Å². The van der Waals surface area contributed by atoms with Crippen LogP contribution in [0.15, 0.2) is 0 Å². The Morgan fingerprint density at radius 1 is 1.56 bits per heavy atom. The number of carbonyl (C=O) groups is 1. The number of ketones is 1. The molecule has 0 aliphatic rings. The van der Waals surface area contributed by atoms with Crippen LogP contribution >= 0.6 is 0 Å². The van der Waals surface area contributed by atoms with Crippen LogP contribution in [0.25, 0.3) is 0 Å². The van der Waals surface area contributed by atoms with Crippen LogP contribution < -0.4 is 0 Å². The van der Waals surface area contributed by atoms with E-state index < -0.39 is 0 Å². The van der Waals surface area contributed by atoms with Gasteiger partial charge in [-0.1, -0.05) is 26.7 Å². The Balaban J connectivity index is 3.45. The Morgan fingerprint density at radius 2 is 2.11 bits per heavy atom. The molecule has 9 heavy (non-hydrogen) atoms. The highest BCUT2D eigenvalue weighted by atomic mass is 16.1. The Hall–Kier alpha value is -0.265. The van der Waals surface area contributed by atoms with E-state index in [1.807, 2.05) is 13.8 Å². The van der Waals surface area contributed by atoms with Crippen molar-refractivity contribution < 1.29 is 4.79 Å². The zero-order valence-electron chi connectivity index (χ0n) is 6.18. The van der Waals surface area contributed by atoms with Gasteiger partial charge < -0.3 is 4.79 Å². The maximum absolute atomic E-state index is 10.8. The van der Waals surface area contributed by atoms with E-state index in [1.54, 1.807) is 0 Å². The molecule has 2 radical (unpaired) electrons. The number of rotatable bonds is 4. The molecule has 0 saturated carbocycles. The van der Waals surface area contributed by atoms with Crippen molar-refractivity contribution in [2.75, 3.05) is 0 Å². The number of Topliss-reactive ketones (excluding diaryl/α,β-unsaturated/α-hetero) is 1. The van der Waals surface area contributed by atoms with Crippen LogP contribution in [0.4, 0.5) is 0 Å². The summed E-state index contributed by atoms with van der Waals surface area (Å²) in [5.74, 6) is -0.0307. The van der Waals surface area contributed by atoms with Crippen LogP contribution in [0.3, 0.4) is 0 Å². The fraction of sp³-hybridized carbons (Fsp3) is 0.857. The van der Waals surface area contributed by atoms with Crippen LogP contribution in [0.5, 0.6) is 0 Å². The Labute approximate surface area is 58.2 Å². The minimum Gasteiger partial charge on any atom is -0.300 e. The lowest BCUT2D eigenvalue weighted by atomic mass is 9.79. The van der Waals surface area contributed by atoms with E-state index >= 15 is 0 Å². The SMILES string of the molecule is [B]C(CCC)C(=O)CC. The fourth-order valence-corrected chi connectivity index (χ4v) is 0.734. The molecule has 0 amide bonds. The lowest BCUT2D eigenvalue weighted by Crippen LogP contribution is -2.06. The molecule has 0 bridgehead atoms. The molecule has 50 valence electrons. The molecule has 0 saturated heterocycles. The second-order valence-corrected chi connectivity index (χ2v) is 2.22. The summed E-state index contributed by atoms with van der Waals surface area (Å²) < 4.78 is 0. The molecule has 1 nitrogen and oxygen atoms in total. The molecule has 1 atom stereocenters. The molecule has 0 aromatic heterocycles. The van der Waals surface area contributed by atoms with E-state index in [0.29, 0.717) is 6.42 Å². The van der Waals surface area contributed by atoms with Crippen molar-refractivity contribution in [1.82, 2.24) is 0 Å². The second-order valence-electron chi connectivity index (χ2n) is 2.22. The summed E-state index contributed by atoms with van der Waals surface area (Å²) in [5.41, 5.74) is 0. The zero-order valence-corrected chi connectivity index (χ0v) is 6.18. The van der Waals surface area contributed by atoms with Crippen molar-refractivity contribution in [2.45, 2.75) is 38.9 Å². The normalized spacial score (nSPS) is 13.1. The summed E-state index contributed by atoms with van der Waals surface area (Å²) in [6, 6.07) is 0. The Kier molecular flexibility index (Phi) is 4.46. The third-order valence-corrected chi connectivity index (χ3v) is 1.36. The highest BCUT2D eigenvalue weighted by Crippen LogP contribution is 2.10. The molecule has 0 heterocycles. The van der Waals surface area contributed by atoms with Gasteiger partial charge in [-0.3, -0.25) is 0 Å². The lowest BCUT2D eigenvalue weighted by Gasteiger charge is -2.05. The van der Waals surface area contributed by atoms with E-state index in [1.165, 1.54) is 0 Å². The quantitative estimate of drug-likeness (QED) is 0.521. The standard InChI is InChI=1S/C7H13BO/c1-3-5-6(8)7(9)4-2/h6H,3-5H2,1-2H3. The molecule has 0 aromatic rings. The summed E-state index contributed by atoms with van der Waals surface area (Å²) in [7, 11) is 5.49. The van der Waals surface area contributed by atoms with Crippen molar-refractivity contribution in [1.29, 1.82) is 0 Å². The number of carbonyl (C=O) groups excluding carboxylic acids is 1. The lowest BCUT2D eigenvalue weighted by molar-refractivity contribution is -0.118. The van der Waals surface area contributed by atoms with Gasteiger partial charge >= 0.3 is 0 Å². The Morgan fingerprint density at radius 3 is 2.44 bits per heavy atom. The predicted molar refractivity (Wildman–Crippen MR) is 39.7 cm³/mol. The minimum absolute atomic E-state index is 0.178. The van der Waals surface area contributed by atoms with Gasteiger partial charge in [-0.25, -0.2) is 0 Å². The van der Waals surface area contributed by atoms with Crippen molar-refractivity contribution in [3.8, 4) is 0 Å². The average molecular weight is 124 g/mol. The van der Waals surface area contributed by atoms with Gasteiger partial charge in [0.05, 0.1) is 7.85 Å². The maximum Gasteiger partial charge on any atom is 0.127 e. The van der Waals surface area contributed by atoms with Gasteiger partial charge in [0, 0.05) is 6.42 Å². The monoisotopic (exact) mass is 124 g/mol. The van der Waals surface area contributed by atoms with Crippen molar-refractivity contribution in [3.63, 3.8) is 0 Å². The molecule has 0 aromatic carbocycles. The van der Waals surface area contributed by atoms with Gasteiger partial charge in [-0.2, -0.15) is 0 Å². The summed E-state index contributed by atoms with van der Waals surface area (Å²) >= 11 is 0. The highest BCUT2D eigenvalue weighted by molar-refractivity contribution is 6.24. The van der Waals surface area contributed by atoms with Crippen LogP contribution in [-0.2, 0) is 4.79 Å². The smallest absolute Gasteiger partial charge is 0.127 e. The van der Waals surface area contributed by atoms with Gasteiger partial charge in [0.25, 0.3) is 0 Å². The molecular formula is C7H13BO. The van der Waals surface area contributed by atoms with E-state index in [2.05, 4.69) is 0 Å². The van der Waals surface area contributed by atoms with Gasteiger partial charge in [0.1, 0.15) is 5.78 Å². The third kappa shape index (κ3) is 3.33. The summed E-state index contributed by atoms with van der Waals surface area (Å²) in [6.45, 7) is 3.88. The molecule has 0 aliphatic carbocycles. The Bertz CT molecular complexity index is 90.9.